The van der Waals surface area contributed by atoms with E-state index in [1.165, 1.54) is 10.8 Å². The third kappa shape index (κ3) is 4.68. The molecule has 4 heteroatoms. The fourth-order valence-electron chi connectivity index (χ4n) is 8.31. The van der Waals surface area contributed by atoms with E-state index in [0.29, 0.717) is 16.7 Å². The Kier molecular flexibility index (Phi) is 7.22. The highest BCUT2D eigenvalue weighted by atomic mass is 15.0. The van der Waals surface area contributed by atoms with Gasteiger partial charge in [0.2, 0.25) is 0 Å². The van der Waals surface area contributed by atoms with Crippen LogP contribution >= 0.6 is 0 Å². The van der Waals surface area contributed by atoms with Gasteiger partial charge in [0, 0.05) is 55.2 Å². The smallest absolute Gasteiger partial charge is 0.100 e. The van der Waals surface area contributed by atoms with Crippen molar-refractivity contribution in [2.75, 3.05) is 0 Å². The van der Waals surface area contributed by atoms with Gasteiger partial charge in [0.25, 0.3) is 0 Å². The predicted octanol–water partition coefficient (Wildman–Crippen LogP) is 12.6. The molecule has 2 heterocycles. The molecule has 0 bridgehead atoms. The van der Waals surface area contributed by atoms with Crippen molar-refractivity contribution in [3.05, 3.63) is 193 Å². The van der Waals surface area contributed by atoms with E-state index in [9.17, 15) is 10.5 Å². The van der Waals surface area contributed by atoms with Gasteiger partial charge in [-0.15, -0.1) is 0 Å². The van der Waals surface area contributed by atoms with Crippen molar-refractivity contribution in [2.45, 2.75) is 0 Å². The minimum Gasteiger partial charge on any atom is -0.309 e. The number of aromatic nitrogens is 2. The summed E-state index contributed by atoms with van der Waals surface area (Å²) in [7, 11) is 0. The topological polar surface area (TPSA) is 57.4 Å². The van der Waals surface area contributed by atoms with Crippen molar-refractivity contribution in [3.63, 3.8) is 0 Å². The summed E-state index contributed by atoms with van der Waals surface area (Å²) in [6.45, 7) is 0. The van der Waals surface area contributed by atoms with Crippen LogP contribution < -0.4 is 0 Å². The summed E-state index contributed by atoms with van der Waals surface area (Å²) in [6.07, 6.45) is 0. The van der Waals surface area contributed by atoms with Crippen molar-refractivity contribution < 1.29 is 0 Å². The van der Waals surface area contributed by atoms with Crippen molar-refractivity contribution in [3.8, 4) is 56.9 Å². The highest BCUT2D eigenvalue weighted by Crippen LogP contribution is 2.46. The molecule has 10 rings (SSSR count). The first-order valence-corrected chi connectivity index (χ1v) is 18.0. The van der Waals surface area contributed by atoms with Crippen LogP contribution in [0, 0.1) is 22.7 Å². The maximum Gasteiger partial charge on any atom is 0.100 e. The van der Waals surface area contributed by atoms with E-state index < -0.39 is 0 Å². The molecule has 0 amide bonds. The second kappa shape index (κ2) is 12.5. The summed E-state index contributed by atoms with van der Waals surface area (Å²) in [6, 6.07) is 67.6. The van der Waals surface area contributed by atoms with Crippen LogP contribution in [0.5, 0.6) is 0 Å². The number of hydrogen-bond acceptors (Lipinski definition) is 2. The van der Waals surface area contributed by atoms with Crippen molar-refractivity contribution >= 4 is 43.6 Å². The molecule has 0 atom stereocenters. The summed E-state index contributed by atoms with van der Waals surface area (Å²) in [5, 5.41) is 26.4. The average Bonchev–Trinajstić information content (AvgIpc) is 3.75. The molecule has 0 radical (unpaired) electrons. The predicted molar refractivity (Wildman–Crippen MR) is 221 cm³/mol. The fraction of sp³-hybridized carbons (Fsp3) is 0. The lowest BCUT2D eigenvalue weighted by Gasteiger charge is -2.18. The molecule has 0 unspecified atom stereocenters. The largest absolute Gasteiger partial charge is 0.309 e. The Hall–Kier alpha value is -7.66. The molecule has 0 fully saturated rings. The van der Waals surface area contributed by atoms with Crippen LogP contribution in [0.3, 0.4) is 0 Å². The second-order valence-corrected chi connectivity index (χ2v) is 13.5. The van der Waals surface area contributed by atoms with Gasteiger partial charge in [-0.2, -0.15) is 10.5 Å². The van der Waals surface area contributed by atoms with E-state index in [1.807, 2.05) is 72.8 Å². The fourth-order valence-corrected chi connectivity index (χ4v) is 8.31. The zero-order valence-electron chi connectivity index (χ0n) is 29.1. The van der Waals surface area contributed by atoms with Crippen molar-refractivity contribution in [2.24, 2.45) is 0 Å². The number of hydrogen-bond donors (Lipinski definition) is 0. The molecule has 250 valence electrons. The molecule has 0 saturated heterocycles. The summed E-state index contributed by atoms with van der Waals surface area (Å²) >= 11 is 0. The maximum atomic E-state index is 11.1. The molecule has 0 aliphatic rings. The Morgan fingerprint density at radius 1 is 0.352 bits per heavy atom. The van der Waals surface area contributed by atoms with Crippen LogP contribution in [-0.4, -0.2) is 9.13 Å². The number of nitrogens with zero attached hydrogens (tertiary/aromatic N) is 4. The molecule has 0 saturated carbocycles. The van der Waals surface area contributed by atoms with E-state index in [0.717, 1.165) is 72.0 Å². The van der Waals surface area contributed by atoms with E-state index in [-0.39, 0.29) is 0 Å². The summed E-state index contributed by atoms with van der Waals surface area (Å²) in [5.74, 6) is 0. The van der Waals surface area contributed by atoms with Gasteiger partial charge >= 0.3 is 0 Å². The van der Waals surface area contributed by atoms with E-state index in [2.05, 4.69) is 130 Å². The molecule has 0 aliphatic heterocycles. The minimum absolute atomic E-state index is 0.474. The molecular weight excluding hydrogens is 657 g/mol. The molecule has 0 spiro atoms. The third-order valence-corrected chi connectivity index (χ3v) is 10.6. The number of fused-ring (bicyclic) bond motifs is 6. The average molecular weight is 687 g/mol. The molecule has 10 aromatic rings. The highest BCUT2D eigenvalue weighted by Gasteiger charge is 2.25. The first-order chi connectivity index (χ1) is 26.7. The van der Waals surface area contributed by atoms with Gasteiger partial charge in [-0.05, 0) is 59.7 Å². The van der Waals surface area contributed by atoms with Gasteiger partial charge in [0.05, 0.1) is 33.2 Å². The monoisotopic (exact) mass is 686 g/mol. The minimum atomic E-state index is 0.474. The van der Waals surface area contributed by atoms with E-state index in [1.54, 1.807) is 0 Å². The molecule has 0 aliphatic carbocycles. The van der Waals surface area contributed by atoms with Gasteiger partial charge in [0.1, 0.15) is 12.1 Å². The summed E-state index contributed by atoms with van der Waals surface area (Å²) in [5.41, 5.74) is 12.3. The number of para-hydroxylation sites is 4. The third-order valence-electron chi connectivity index (χ3n) is 10.6. The van der Waals surface area contributed by atoms with Crippen molar-refractivity contribution in [1.29, 1.82) is 10.5 Å². The lowest BCUT2D eigenvalue weighted by atomic mass is 9.83. The Labute approximate surface area is 312 Å². The SMILES string of the molecule is N#Cc1c(-c2ccccc2)cc(-c2cccc3c4cc5c6ccccc6n(-c6ccccc6)c5cc4n(-c4ccccc4)c23)c(C#N)c1-c1ccccc1. The van der Waals surface area contributed by atoms with Gasteiger partial charge < -0.3 is 9.13 Å². The number of rotatable bonds is 5. The number of benzene rings is 8. The molecular formula is C50H30N4. The molecule has 2 aromatic heterocycles. The normalized spacial score (nSPS) is 11.3. The zero-order valence-corrected chi connectivity index (χ0v) is 29.1. The Morgan fingerprint density at radius 2 is 0.870 bits per heavy atom. The Morgan fingerprint density at radius 3 is 1.54 bits per heavy atom. The second-order valence-electron chi connectivity index (χ2n) is 13.5. The van der Waals surface area contributed by atoms with Crippen LogP contribution in [0.4, 0.5) is 0 Å². The number of nitriles is 2. The van der Waals surface area contributed by atoms with E-state index >= 15 is 0 Å². The Bertz CT molecular complexity index is 3140. The maximum absolute atomic E-state index is 11.1. The van der Waals surface area contributed by atoms with E-state index in [4.69, 9.17) is 0 Å². The molecule has 4 nitrogen and oxygen atoms in total. The summed E-state index contributed by atoms with van der Waals surface area (Å²) < 4.78 is 4.70. The van der Waals surface area contributed by atoms with Crippen molar-refractivity contribution in [1.82, 2.24) is 9.13 Å². The van der Waals surface area contributed by atoms with Crippen LogP contribution in [0.15, 0.2) is 182 Å². The molecule has 0 N–H and O–H groups in total. The van der Waals surface area contributed by atoms with Crippen LogP contribution in [0.25, 0.3) is 88.4 Å². The Balaban J connectivity index is 1.38. The summed E-state index contributed by atoms with van der Waals surface area (Å²) in [4.78, 5) is 0. The van der Waals surface area contributed by atoms with Crippen LogP contribution in [0.2, 0.25) is 0 Å². The van der Waals surface area contributed by atoms with Crippen LogP contribution in [-0.2, 0) is 0 Å². The van der Waals surface area contributed by atoms with Gasteiger partial charge in [0.15, 0.2) is 0 Å². The lowest BCUT2D eigenvalue weighted by Crippen LogP contribution is -2.00. The van der Waals surface area contributed by atoms with Gasteiger partial charge in [-0.25, -0.2) is 0 Å². The molecule has 8 aromatic carbocycles. The van der Waals surface area contributed by atoms with Gasteiger partial charge in [-0.3, -0.25) is 0 Å². The first kappa shape index (κ1) is 31.1. The highest BCUT2D eigenvalue weighted by molar-refractivity contribution is 6.21. The van der Waals surface area contributed by atoms with Crippen LogP contribution in [0.1, 0.15) is 11.1 Å². The first-order valence-electron chi connectivity index (χ1n) is 18.0. The zero-order chi connectivity index (χ0) is 36.2. The van der Waals surface area contributed by atoms with Gasteiger partial charge in [-0.1, -0.05) is 133 Å². The standard InChI is InChI=1S/C50H30N4/c51-31-44-40(33-16-5-1-6-17-33)28-41(45(32-52)49(44)34-18-7-2-8-19-34)38-25-15-26-39-43-29-42-37-24-13-14-27-46(37)53(35-20-9-3-10-21-35)47(42)30-48(43)54(50(38)39)36-22-11-4-12-23-36/h1-30H. The molecule has 54 heavy (non-hydrogen) atoms. The lowest BCUT2D eigenvalue weighted by molar-refractivity contribution is 1.16. The quantitative estimate of drug-likeness (QED) is 0.181.